The van der Waals surface area contributed by atoms with E-state index in [-0.39, 0.29) is 0 Å². The second-order valence-corrected chi connectivity index (χ2v) is 3.26. The molecular formula is C11H13N2O+. The summed E-state index contributed by atoms with van der Waals surface area (Å²) >= 11 is 0. The first kappa shape index (κ1) is 9.12. The van der Waals surface area contributed by atoms with Crippen LogP contribution in [-0.2, 0) is 0 Å². The molecule has 72 valence electrons. The fourth-order valence-electron chi connectivity index (χ4n) is 1.47. The fraction of sp³-hybridized carbons (Fsp3) is 0.182. The van der Waals surface area contributed by atoms with Gasteiger partial charge in [0.25, 0.3) is 0 Å². The summed E-state index contributed by atoms with van der Waals surface area (Å²) in [5.74, 6) is 0. The monoisotopic (exact) mass is 189 g/mol. The molecule has 0 bridgehead atoms. The number of hydrogen-bond donors (Lipinski definition) is 2. The van der Waals surface area contributed by atoms with Crippen molar-refractivity contribution in [3.8, 4) is 0 Å². The number of quaternary nitrogens is 1. The molecule has 0 saturated carbocycles. The van der Waals surface area contributed by atoms with E-state index in [4.69, 9.17) is 0 Å². The lowest BCUT2D eigenvalue weighted by atomic mass is 10.1. The first-order valence-electron chi connectivity index (χ1n) is 4.63. The van der Waals surface area contributed by atoms with Gasteiger partial charge < -0.3 is 10.8 Å². The summed E-state index contributed by atoms with van der Waals surface area (Å²) < 4.78 is 0. The summed E-state index contributed by atoms with van der Waals surface area (Å²) in [5.41, 5.74) is 5.53. The average molecular weight is 189 g/mol. The van der Waals surface area contributed by atoms with Crippen LogP contribution in [0.5, 0.6) is 0 Å². The molecule has 1 heterocycles. The Labute approximate surface area is 82.2 Å². The van der Waals surface area contributed by atoms with Crippen molar-refractivity contribution in [2.45, 2.75) is 6.10 Å². The SMILES string of the molecule is [NH3+]C[C@H](O)c1ccc2ncccc2c1. The molecule has 1 aromatic heterocycles. The molecule has 0 spiro atoms. The number of hydrogen-bond acceptors (Lipinski definition) is 2. The third kappa shape index (κ3) is 1.60. The number of rotatable bonds is 2. The third-order valence-electron chi connectivity index (χ3n) is 2.29. The highest BCUT2D eigenvalue weighted by Crippen LogP contribution is 2.17. The average Bonchev–Trinajstić information content (AvgIpc) is 2.27. The summed E-state index contributed by atoms with van der Waals surface area (Å²) in [6.07, 6.45) is 1.29. The highest BCUT2D eigenvalue weighted by Gasteiger charge is 2.07. The van der Waals surface area contributed by atoms with Gasteiger partial charge in [0.15, 0.2) is 0 Å². The van der Waals surface area contributed by atoms with Crippen molar-refractivity contribution < 1.29 is 10.8 Å². The Morgan fingerprint density at radius 1 is 1.36 bits per heavy atom. The van der Waals surface area contributed by atoms with Crippen molar-refractivity contribution in [3.05, 3.63) is 42.1 Å². The van der Waals surface area contributed by atoms with Crippen LogP contribution in [0.2, 0.25) is 0 Å². The zero-order valence-corrected chi connectivity index (χ0v) is 7.85. The van der Waals surface area contributed by atoms with Gasteiger partial charge in [-0.15, -0.1) is 0 Å². The lowest BCUT2D eigenvalue weighted by Gasteiger charge is -2.06. The molecule has 4 N–H and O–H groups in total. The Morgan fingerprint density at radius 3 is 3.00 bits per heavy atom. The molecule has 0 aliphatic carbocycles. The highest BCUT2D eigenvalue weighted by molar-refractivity contribution is 5.78. The van der Waals surface area contributed by atoms with Crippen molar-refractivity contribution in [1.29, 1.82) is 0 Å². The van der Waals surface area contributed by atoms with Gasteiger partial charge in [0.05, 0.1) is 5.52 Å². The lowest BCUT2D eigenvalue weighted by molar-refractivity contribution is -0.385. The van der Waals surface area contributed by atoms with Gasteiger partial charge in [-0.2, -0.15) is 0 Å². The van der Waals surface area contributed by atoms with Crippen molar-refractivity contribution in [3.63, 3.8) is 0 Å². The van der Waals surface area contributed by atoms with Gasteiger partial charge in [-0.3, -0.25) is 4.98 Å². The molecule has 1 aromatic carbocycles. The minimum atomic E-state index is -0.473. The quantitative estimate of drug-likeness (QED) is 0.723. The molecule has 0 fully saturated rings. The van der Waals surface area contributed by atoms with E-state index in [0.29, 0.717) is 6.54 Å². The fourth-order valence-corrected chi connectivity index (χ4v) is 1.47. The van der Waals surface area contributed by atoms with Crippen molar-refractivity contribution >= 4 is 10.9 Å². The summed E-state index contributed by atoms with van der Waals surface area (Å²) in [4.78, 5) is 4.21. The van der Waals surface area contributed by atoms with E-state index in [1.807, 2.05) is 30.3 Å². The van der Waals surface area contributed by atoms with Gasteiger partial charge in [-0.1, -0.05) is 12.1 Å². The molecule has 0 saturated heterocycles. The number of pyridine rings is 1. The van der Waals surface area contributed by atoms with Crippen molar-refractivity contribution in [2.24, 2.45) is 0 Å². The summed E-state index contributed by atoms with van der Waals surface area (Å²) in [5, 5.41) is 10.7. The summed E-state index contributed by atoms with van der Waals surface area (Å²) in [6, 6.07) is 9.65. The maximum atomic E-state index is 9.61. The molecule has 0 radical (unpaired) electrons. The van der Waals surface area contributed by atoms with Crippen LogP contribution in [0.3, 0.4) is 0 Å². The number of aromatic nitrogens is 1. The van der Waals surface area contributed by atoms with E-state index in [1.54, 1.807) is 6.20 Å². The van der Waals surface area contributed by atoms with Gasteiger partial charge in [0.2, 0.25) is 0 Å². The van der Waals surface area contributed by atoms with E-state index in [0.717, 1.165) is 16.5 Å². The van der Waals surface area contributed by atoms with Crippen LogP contribution < -0.4 is 5.73 Å². The highest BCUT2D eigenvalue weighted by atomic mass is 16.3. The van der Waals surface area contributed by atoms with Gasteiger partial charge in [-0.05, 0) is 23.8 Å². The van der Waals surface area contributed by atoms with Gasteiger partial charge in [0, 0.05) is 11.6 Å². The molecule has 14 heavy (non-hydrogen) atoms. The van der Waals surface area contributed by atoms with Gasteiger partial charge in [0.1, 0.15) is 12.6 Å². The molecule has 2 aromatic rings. The van der Waals surface area contributed by atoms with Crippen LogP contribution in [0.1, 0.15) is 11.7 Å². The lowest BCUT2D eigenvalue weighted by Crippen LogP contribution is -2.52. The second-order valence-electron chi connectivity index (χ2n) is 3.26. The molecule has 0 amide bonds. The van der Waals surface area contributed by atoms with Crippen LogP contribution in [0.15, 0.2) is 36.5 Å². The normalized spacial score (nSPS) is 13.0. The Kier molecular flexibility index (Phi) is 2.43. The number of aliphatic hydroxyl groups excluding tert-OH is 1. The number of benzene rings is 1. The maximum absolute atomic E-state index is 9.61. The number of fused-ring (bicyclic) bond motifs is 1. The van der Waals surface area contributed by atoms with Crippen LogP contribution in [0.25, 0.3) is 10.9 Å². The predicted molar refractivity (Wildman–Crippen MR) is 54.5 cm³/mol. The first-order chi connectivity index (χ1) is 6.81. The van der Waals surface area contributed by atoms with Crippen LogP contribution in [0, 0.1) is 0 Å². The van der Waals surface area contributed by atoms with E-state index < -0.39 is 6.10 Å². The standard InChI is InChI=1S/C11H12N2O/c12-7-11(14)9-3-4-10-8(6-9)2-1-5-13-10/h1-6,11,14H,7,12H2/p+1/t11-/m0/s1. The molecule has 0 aliphatic heterocycles. The smallest absolute Gasteiger partial charge is 0.128 e. The van der Waals surface area contributed by atoms with E-state index >= 15 is 0 Å². The predicted octanol–water partition coefficient (Wildman–Crippen LogP) is 0.510. The second kappa shape index (κ2) is 3.74. The zero-order valence-electron chi connectivity index (χ0n) is 7.85. The largest absolute Gasteiger partial charge is 0.382 e. The van der Waals surface area contributed by atoms with Crippen molar-refractivity contribution in [2.75, 3.05) is 6.54 Å². The molecule has 2 rings (SSSR count). The Bertz CT molecular complexity index is 442. The molecule has 1 atom stereocenters. The molecule has 3 nitrogen and oxygen atoms in total. The van der Waals surface area contributed by atoms with Crippen LogP contribution in [0.4, 0.5) is 0 Å². The Hall–Kier alpha value is -1.45. The zero-order chi connectivity index (χ0) is 9.97. The molecule has 0 unspecified atom stereocenters. The van der Waals surface area contributed by atoms with Crippen molar-refractivity contribution in [1.82, 2.24) is 4.98 Å². The van der Waals surface area contributed by atoms with E-state index in [9.17, 15) is 5.11 Å². The summed E-state index contributed by atoms with van der Waals surface area (Å²) in [7, 11) is 0. The Balaban J connectivity index is 2.51. The molecule has 3 heteroatoms. The first-order valence-corrected chi connectivity index (χ1v) is 4.63. The van der Waals surface area contributed by atoms with Gasteiger partial charge in [-0.25, -0.2) is 0 Å². The number of aliphatic hydroxyl groups is 1. The van der Waals surface area contributed by atoms with E-state index in [2.05, 4.69) is 10.7 Å². The minimum Gasteiger partial charge on any atom is -0.382 e. The van der Waals surface area contributed by atoms with Gasteiger partial charge >= 0.3 is 0 Å². The minimum absolute atomic E-state index is 0.473. The molecular weight excluding hydrogens is 176 g/mol. The van der Waals surface area contributed by atoms with Crippen LogP contribution in [-0.4, -0.2) is 16.6 Å². The Morgan fingerprint density at radius 2 is 2.21 bits per heavy atom. The molecule has 0 aliphatic rings. The maximum Gasteiger partial charge on any atom is 0.128 e. The summed E-state index contributed by atoms with van der Waals surface area (Å²) in [6.45, 7) is 0.492. The topological polar surface area (TPSA) is 60.8 Å². The number of nitrogens with zero attached hydrogens (tertiary/aromatic N) is 1. The van der Waals surface area contributed by atoms with E-state index in [1.165, 1.54) is 0 Å². The van der Waals surface area contributed by atoms with Crippen LogP contribution >= 0.6 is 0 Å². The third-order valence-corrected chi connectivity index (χ3v) is 2.29.